The van der Waals surface area contributed by atoms with Gasteiger partial charge >= 0.3 is 0 Å². The average Bonchev–Trinajstić information content (AvgIpc) is 3.30. The van der Waals surface area contributed by atoms with Gasteiger partial charge in [0.05, 0.1) is 11.4 Å². The minimum atomic E-state index is -2.94. The predicted molar refractivity (Wildman–Crippen MR) is 253 cm³/mol. The summed E-state index contributed by atoms with van der Waals surface area (Å²) in [6, 6.07) is 82.0. The summed E-state index contributed by atoms with van der Waals surface area (Å²) in [5, 5.41) is 5.75. The molecule has 0 spiro atoms. The molecule has 3 aliphatic rings. The summed E-state index contributed by atoms with van der Waals surface area (Å²) in [5.74, 6) is 0. The first-order chi connectivity index (χ1) is 29.2. The zero-order valence-electron chi connectivity index (χ0n) is 32.8. The molecule has 0 bridgehead atoms. The van der Waals surface area contributed by atoms with Crippen LogP contribution >= 0.6 is 0 Å². The predicted octanol–water partition coefficient (Wildman–Crippen LogP) is 9.10. The molecule has 0 radical (unpaired) electrons. The molecule has 9 aromatic carbocycles. The van der Waals surface area contributed by atoms with Crippen molar-refractivity contribution in [2.24, 2.45) is 0 Å². The maximum absolute atomic E-state index is 2.94. The van der Waals surface area contributed by atoms with E-state index >= 15 is 0 Å². The van der Waals surface area contributed by atoms with Crippen molar-refractivity contribution in [1.82, 2.24) is 0 Å². The van der Waals surface area contributed by atoms with Crippen LogP contribution in [0.15, 0.2) is 218 Å². The lowest BCUT2D eigenvalue weighted by Gasteiger charge is -2.51. The van der Waals surface area contributed by atoms with Crippen LogP contribution in [-0.4, -0.2) is 14.8 Å². The molecule has 0 aliphatic carbocycles. The molecule has 0 atom stereocenters. The summed E-state index contributed by atoms with van der Waals surface area (Å²) in [5.41, 5.74) is 17.7. The molecule has 3 aliphatic heterocycles. The molecule has 2 nitrogen and oxygen atoms in total. The fourth-order valence-electron chi connectivity index (χ4n) is 10.8. The number of benzene rings is 9. The third kappa shape index (κ3) is 4.81. The molecular formula is C55H39BN2Si. The number of anilines is 6. The van der Waals surface area contributed by atoms with Gasteiger partial charge in [-0.1, -0.05) is 182 Å². The minimum absolute atomic E-state index is 0.0475. The van der Waals surface area contributed by atoms with Crippen molar-refractivity contribution < 1.29 is 0 Å². The molecule has 0 saturated heterocycles. The van der Waals surface area contributed by atoms with Crippen LogP contribution in [-0.2, 0) is 0 Å². The van der Waals surface area contributed by atoms with Crippen LogP contribution in [0.1, 0.15) is 5.56 Å². The molecule has 0 saturated carbocycles. The highest BCUT2D eigenvalue weighted by Crippen LogP contribution is 2.48. The Morgan fingerprint density at radius 1 is 0.339 bits per heavy atom. The van der Waals surface area contributed by atoms with Crippen molar-refractivity contribution in [3.63, 3.8) is 0 Å². The van der Waals surface area contributed by atoms with Crippen LogP contribution in [0.3, 0.4) is 0 Å². The van der Waals surface area contributed by atoms with Gasteiger partial charge in [-0.05, 0) is 97.1 Å². The smallest absolute Gasteiger partial charge is 0.251 e. The Morgan fingerprint density at radius 2 is 0.712 bits per heavy atom. The number of aryl methyl sites for hydroxylation is 1. The van der Waals surface area contributed by atoms with Gasteiger partial charge in [-0.3, -0.25) is 0 Å². The largest absolute Gasteiger partial charge is 0.311 e. The van der Waals surface area contributed by atoms with Crippen molar-refractivity contribution in [2.45, 2.75) is 6.92 Å². The van der Waals surface area contributed by atoms with Crippen molar-refractivity contribution in [2.75, 3.05) is 9.80 Å². The van der Waals surface area contributed by atoms with E-state index in [1.54, 1.807) is 0 Å². The normalized spacial score (nSPS) is 13.9. The maximum Gasteiger partial charge on any atom is 0.251 e. The highest BCUT2D eigenvalue weighted by atomic mass is 28.3. The van der Waals surface area contributed by atoms with Gasteiger partial charge in [-0.2, -0.15) is 0 Å². The second kappa shape index (κ2) is 13.2. The highest BCUT2D eigenvalue weighted by Gasteiger charge is 2.56. The van der Waals surface area contributed by atoms with Crippen LogP contribution in [0.2, 0.25) is 0 Å². The first kappa shape index (κ1) is 34.0. The van der Waals surface area contributed by atoms with E-state index in [0.29, 0.717) is 0 Å². The van der Waals surface area contributed by atoms with Gasteiger partial charge in [-0.15, -0.1) is 0 Å². The quantitative estimate of drug-likeness (QED) is 0.156. The van der Waals surface area contributed by atoms with Crippen molar-refractivity contribution in [1.29, 1.82) is 0 Å². The van der Waals surface area contributed by atoms with E-state index in [2.05, 4.69) is 235 Å². The zero-order valence-corrected chi connectivity index (χ0v) is 33.8. The first-order valence-corrected chi connectivity index (χ1v) is 22.6. The third-order valence-corrected chi connectivity index (χ3v) is 17.8. The Bertz CT molecular complexity index is 2870. The molecular weight excluding hydrogens is 728 g/mol. The van der Waals surface area contributed by atoms with E-state index in [0.717, 1.165) is 0 Å². The molecule has 9 aromatic rings. The monoisotopic (exact) mass is 766 g/mol. The van der Waals surface area contributed by atoms with Gasteiger partial charge in [0, 0.05) is 33.9 Å². The van der Waals surface area contributed by atoms with Crippen LogP contribution < -0.4 is 46.9 Å². The Labute approximate surface area is 347 Å². The molecule has 59 heavy (non-hydrogen) atoms. The number of para-hydroxylation sites is 2. The number of nitrogens with zero attached hydrogens (tertiary/aromatic N) is 2. The Kier molecular flexibility index (Phi) is 7.60. The van der Waals surface area contributed by atoms with Gasteiger partial charge < -0.3 is 9.80 Å². The van der Waals surface area contributed by atoms with E-state index in [4.69, 9.17) is 0 Å². The summed E-state index contributed by atoms with van der Waals surface area (Å²) in [6.45, 7) is 2.31. The molecule has 3 heterocycles. The minimum Gasteiger partial charge on any atom is -0.311 e. The summed E-state index contributed by atoms with van der Waals surface area (Å²) in [6.07, 6.45) is 0. The third-order valence-electron chi connectivity index (χ3n) is 13.0. The highest BCUT2D eigenvalue weighted by molar-refractivity contribution is 7.27. The summed E-state index contributed by atoms with van der Waals surface area (Å²) >= 11 is 0. The fourth-order valence-corrected chi connectivity index (χ4v) is 16.1. The molecule has 0 fully saturated rings. The SMILES string of the molecule is Cc1cc2c3c(c1)N(c1ccccc1-c1ccccc1)c1cccc4c1B3c1c(cccc1[Si]4(c1ccccc1)c1ccccc1)N2c1ccccc1-c1ccccc1. The van der Waals surface area contributed by atoms with E-state index in [1.165, 1.54) is 99.1 Å². The number of hydrogen-bond acceptors (Lipinski definition) is 2. The second-order valence-electron chi connectivity index (χ2n) is 16.0. The molecule has 4 heteroatoms. The summed E-state index contributed by atoms with van der Waals surface area (Å²) < 4.78 is 0. The van der Waals surface area contributed by atoms with Crippen molar-refractivity contribution >= 4 is 86.0 Å². The fraction of sp³-hybridized carbons (Fsp3) is 0.0182. The van der Waals surface area contributed by atoms with Gasteiger partial charge in [0.15, 0.2) is 8.07 Å². The lowest BCUT2D eigenvalue weighted by molar-refractivity contribution is 1.24. The summed E-state index contributed by atoms with van der Waals surface area (Å²) in [4.78, 5) is 5.22. The van der Waals surface area contributed by atoms with Crippen molar-refractivity contribution in [3.8, 4) is 22.3 Å². The second-order valence-corrected chi connectivity index (χ2v) is 19.8. The van der Waals surface area contributed by atoms with Crippen LogP contribution in [0.5, 0.6) is 0 Å². The first-order valence-electron chi connectivity index (χ1n) is 20.6. The zero-order chi connectivity index (χ0) is 39.1. The van der Waals surface area contributed by atoms with Gasteiger partial charge in [-0.25, -0.2) is 0 Å². The number of rotatable bonds is 6. The molecule has 0 amide bonds. The Balaban J connectivity index is 1.27. The molecule has 276 valence electrons. The summed E-state index contributed by atoms with van der Waals surface area (Å²) in [7, 11) is -2.94. The Morgan fingerprint density at radius 3 is 1.15 bits per heavy atom. The van der Waals surface area contributed by atoms with Gasteiger partial charge in [0.2, 0.25) is 0 Å². The molecule has 0 unspecified atom stereocenters. The van der Waals surface area contributed by atoms with Gasteiger partial charge in [0.25, 0.3) is 6.71 Å². The van der Waals surface area contributed by atoms with E-state index in [9.17, 15) is 0 Å². The average molecular weight is 767 g/mol. The van der Waals surface area contributed by atoms with Crippen LogP contribution in [0.25, 0.3) is 22.3 Å². The molecule has 12 rings (SSSR count). The molecule has 0 aromatic heterocycles. The van der Waals surface area contributed by atoms with Crippen LogP contribution in [0.4, 0.5) is 34.1 Å². The van der Waals surface area contributed by atoms with E-state index in [1.807, 2.05) is 0 Å². The standard InChI is InChI=1S/C55H39BN2Si/c1-38-36-49-53-50(37-38)58(46-31-17-15-29-44(46)40-22-8-3-9-23-40)48-33-19-35-52-55(48)56(53)54-47(57(49)45-30-16-14-28-43(45)39-20-6-2-7-21-39)32-18-34-51(54)59(52,41-24-10-4-11-25-41)42-26-12-5-13-27-42/h2-37H,1H3. The number of hydrogen-bond donors (Lipinski definition) is 0. The maximum atomic E-state index is 2.61. The topological polar surface area (TPSA) is 6.48 Å². The lowest BCUT2D eigenvalue weighted by atomic mass is 9.33. The van der Waals surface area contributed by atoms with Gasteiger partial charge in [0.1, 0.15) is 0 Å². The van der Waals surface area contributed by atoms with E-state index < -0.39 is 8.07 Å². The van der Waals surface area contributed by atoms with Crippen LogP contribution in [0, 0.1) is 6.92 Å². The van der Waals surface area contributed by atoms with Crippen molar-refractivity contribution in [3.05, 3.63) is 224 Å². The molecule has 0 N–H and O–H groups in total. The Hall–Kier alpha value is -7.14. The lowest BCUT2D eigenvalue weighted by Crippen LogP contribution is -2.88. The van der Waals surface area contributed by atoms with E-state index in [-0.39, 0.29) is 6.71 Å².